The molecule has 0 aliphatic heterocycles. The molecule has 0 unspecified atom stereocenters. The summed E-state index contributed by atoms with van der Waals surface area (Å²) in [6, 6.07) is 5.95. The smallest absolute Gasteiger partial charge is 0.168 e. The average Bonchev–Trinajstić information content (AvgIpc) is 3.14. The highest BCUT2D eigenvalue weighted by Gasteiger charge is 2.12. The number of imidazole rings is 1. The summed E-state index contributed by atoms with van der Waals surface area (Å²) in [5, 5.41) is 4.05. The fourth-order valence-corrected chi connectivity index (χ4v) is 4.11. The summed E-state index contributed by atoms with van der Waals surface area (Å²) in [5.74, 6) is 1.64. The van der Waals surface area contributed by atoms with Crippen LogP contribution in [0.1, 0.15) is 5.69 Å². The van der Waals surface area contributed by atoms with Gasteiger partial charge in [0.25, 0.3) is 0 Å². The Morgan fingerprint density at radius 2 is 2.27 bits per heavy atom. The highest BCUT2D eigenvalue weighted by Crippen LogP contribution is 2.35. The van der Waals surface area contributed by atoms with Gasteiger partial charge in [0.05, 0.1) is 18.4 Å². The van der Waals surface area contributed by atoms with Gasteiger partial charge < -0.3 is 9.30 Å². The molecule has 0 aliphatic rings. The lowest BCUT2D eigenvalue weighted by molar-refractivity contribution is 0.416. The van der Waals surface area contributed by atoms with Gasteiger partial charge in [-0.3, -0.25) is 0 Å². The quantitative estimate of drug-likeness (QED) is 0.591. The third-order valence-corrected chi connectivity index (χ3v) is 5.58. The first-order chi connectivity index (χ1) is 10.7. The van der Waals surface area contributed by atoms with Gasteiger partial charge in [0.2, 0.25) is 0 Å². The van der Waals surface area contributed by atoms with E-state index in [1.165, 1.54) is 0 Å². The molecule has 0 atom stereocenters. The lowest BCUT2D eigenvalue weighted by Crippen LogP contribution is -1.90. The first kappa shape index (κ1) is 15.6. The highest BCUT2D eigenvalue weighted by molar-refractivity contribution is 9.10. The minimum atomic E-state index is 0.803. The lowest BCUT2D eigenvalue weighted by Gasteiger charge is -2.06. The van der Waals surface area contributed by atoms with Crippen molar-refractivity contribution in [1.82, 2.24) is 14.5 Å². The predicted octanol–water partition coefficient (Wildman–Crippen LogP) is 4.61. The van der Waals surface area contributed by atoms with E-state index in [0.717, 1.165) is 37.4 Å². The number of methoxy groups -OCH3 is 1. The third-order valence-electron chi connectivity index (χ3n) is 3.07. The molecule has 0 saturated carbocycles. The van der Waals surface area contributed by atoms with Crippen molar-refractivity contribution in [2.75, 3.05) is 7.11 Å². The number of nitrogens with zero attached hydrogens (tertiary/aromatic N) is 3. The molecule has 0 bridgehead atoms. The SMILES string of the molecule is COc1ccc(Br)cc1-c1nc(CSc2nccn2C)cs1. The van der Waals surface area contributed by atoms with E-state index in [2.05, 4.69) is 26.3 Å². The van der Waals surface area contributed by atoms with Crippen molar-refractivity contribution in [3.05, 3.63) is 46.1 Å². The molecule has 2 aromatic heterocycles. The molecule has 0 amide bonds. The monoisotopic (exact) mass is 395 g/mol. The molecule has 1 aromatic carbocycles. The zero-order valence-electron chi connectivity index (χ0n) is 12.1. The molecule has 0 saturated heterocycles. The van der Waals surface area contributed by atoms with Crippen LogP contribution in [0.5, 0.6) is 5.75 Å². The number of aromatic nitrogens is 3. The molecule has 0 aliphatic carbocycles. The van der Waals surface area contributed by atoms with Crippen LogP contribution in [0.3, 0.4) is 0 Å². The van der Waals surface area contributed by atoms with Crippen LogP contribution in [0.4, 0.5) is 0 Å². The molecule has 114 valence electrons. The fraction of sp³-hybridized carbons (Fsp3) is 0.200. The minimum Gasteiger partial charge on any atom is -0.496 e. The average molecular weight is 396 g/mol. The highest BCUT2D eigenvalue weighted by atomic mass is 79.9. The maximum absolute atomic E-state index is 5.43. The van der Waals surface area contributed by atoms with E-state index in [9.17, 15) is 0 Å². The molecule has 2 heterocycles. The summed E-state index contributed by atoms with van der Waals surface area (Å²) in [6.07, 6.45) is 3.75. The van der Waals surface area contributed by atoms with E-state index in [-0.39, 0.29) is 0 Å². The Morgan fingerprint density at radius 1 is 1.41 bits per heavy atom. The number of aryl methyl sites for hydroxylation is 1. The molecule has 0 fully saturated rings. The van der Waals surface area contributed by atoms with E-state index in [0.29, 0.717) is 0 Å². The Kier molecular flexibility index (Phi) is 4.85. The van der Waals surface area contributed by atoms with Gasteiger partial charge in [0.15, 0.2) is 5.16 Å². The van der Waals surface area contributed by atoms with Gasteiger partial charge in [-0.2, -0.15) is 0 Å². The van der Waals surface area contributed by atoms with E-state index in [1.54, 1.807) is 36.4 Å². The van der Waals surface area contributed by atoms with Crippen molar-refractivity contribution in [1.29, 1.82) is 0 Å². The van der Waals surface area contributed by atoms with Crippen LogP contribution in [0.2, 0.25) is 0 Å². The first-order valence-electron chi connectivity index (χ1n) is 6.56. The maximum Gasteiger partial charge on any atom is 0.168 e. The lowest BCUT2D eigenvalue weighted by atomic mass is 10.2. The zero-order valence-corrected chi connectivity index (χ0v) is 15.3. The van der Waals surface area contributed by atoms with Crippen LogP contribution in [0.25, 0.3) is 10.6 Å². The molecule has 3 aromatic rings. The van der Waals surface area contributed by atoms with E-state index in [4.69, 9.17) is 9.72 Å². The van der Waals surface area contributed by atoms with Gasteiger partial charge in [0.1, 0.15) is 10.8 Å². The topological polar surface area (TPSA) is 39.9 Å². The fourth-order valence-electron chi connectivity index (χ4n) is 1.97. The summed E-state index contributed by atoms with van der Waals surface area (Å²) >= 11 is 6.81. The molecular weight excluding hydrogens is 382 g/mol. The number of hydrogen-bond donors (Lipinski definition) is 0. The molecule has 0 radical (unpaired) electrons. The molecule has 7 heteroatoms. The summed E-state index contributed by atoms with van der Waals surface area (Å²) in [7, 11) is 3.67. The molecule has 4 nitrogen and oxygen atoms in total. The molecule has 0 N–H and O–H groups in total. The number of halogens is 1. The van der Waals surface area contributed by atoms with Crippen molar-refractivity contribution in [2.24, 2.45) is 7.05 Å². The van der Waals surface area contributed by atoms with Crippen molar-refractivity contribution in [3.8, 4) is 16.3 Å². The second-order valence-corrected chi connectivity index (χ2v) is 7.31. The Morgan fingerprint density at radius 3 is 3.00 bits per heavy atom. The van der Waals surface area contributed by atoms with E-state index < -0.39 is 0 Å². The Bertz CT molecular complexity index is 785. The van der Waals surface area contributed by atoms with Gasteiger partial charge in [-0.1, -0.05) is 27.7 Å². The Hall–Kier alpha value is -1.31. The molecule has 3 rings (SSSR count). The normalized spacial score (nSPS) is 10.9. The van der Waals surface area contributed by atoms with Crippen LogP contribution < -0.4 is 4.74 Å². The van der Waals surface area contributed by atoms with Gasteiger partial charge in [-0.25, -0.2) is 9.97 Å². The molecular formula is C15H14BrN3OS2. The Labute approximate surface area is 145 Å². The number of hydrogen-bond acceptors (Lipinski definition) is 5. The van der Waals surface area contributed by atoms with Crippen LogP contribution >= 0.6 is 39.0 Å². The van der Waals surface area contributed by atoms with Crippen LogP contribution in [0.15, 0.2) is 45.6 Å². The second-order valence-electron chi connectivity index (χ2n) is 4.60. The van der Waals surface area contributed by atoms with Crippen LogP contribution in [-0.4, -0.2) is 21.6 Å². The maximum atomic E-state index is 5.43. The van der Waals surface area contributed by atoms with Crippen molar-refractivity contribution in [3.63, 3.8) is 0 Å². The van der Waals surface area contributed by atoms with E-state index in [1.807, 2.05) is 36.0 Å². The summed E-state index contributed by atoms with van der Waals surface area (Å²) in [5.41, 5.74) is 2.06. The minimum absolute atomic E-state index is 0.803. The number of thioether (sulfide) groups is 1. The first-order valence-corrected chi connectivity index (χ1v) is 9.21. The number of rotatable bonds is 5. The van der Waals surface area contributed by atoms with Crippen molar-refractivity contribution in [2.45, 2.75) is 10.9 Å². The second kappa shape index (κ2) is 6.85. The number of thiazole rings is 1. The summed E-state index contributed by atoms with van der Waals surface area (Å²) < 4.78 is 8.45. The van der Waals surface area contributed by atoms with Gasteiger partial charge in [-0.05, 0) is 18.2 Å². The number of ether oxygens (including phenoxy) is 1. The van der Waals surface area contributed by atoms with Crippen molar-refractivity contribution >= 4 is 39.0 Å². The molecule has 0 spiro atoms. The zero-order chi connectivity index (χ0) is 15.5. The largest absolute Gasteiger partial charge is 0.496 e. The molecule has 22 heavy (non-hydrogen) atoms. The summed E-state index contributed by atoms with van der Waals surface area (Å²) in [6.45, 7) is 0. The van der Waals surface area contributed by atoms with E-state index >= 15 is 0 Å². The van der Waals surface area contributed by atoms with Crippen LogP contribution in [-0.2, 0) is 12.8 Å². The Balaban J connectivity index is 1.79. The summed E-state index contributed by atoms with van der Waals surface area (Å²) in [4.78, 5) is 9.03. The predicted molar refractivity (Wildman–Crippen MR) is 94.6 cm³/mol. The van der Waals surface area contributed by atoms with Crippen molar-refractivity contribution < 1.29 is 4.74 Å². The van der Waals surface area contributed by atoms with Crippen LogP contribution in [0, 0.1) is 0 Å². The number of benzene rings is 1. The standard InChI is InChI=1S/C15H14BrN3OS2/c1-19-6-5-17-15(19)22-9-11-8-21-14(18-11)12-7-10(16)3-4-13(12)20-2/h3-8H,9H2,1-2H3. The van der Waals surface area contributed by atoms with Gasteiger partial charge in [-0.15, -0.1) is 11.3 Å². The third kappa shape index (κ3) is 3.37. The van der Waals surface area contributed by atoms with Gasteiger partial charge in [0, 0.05) is 35.0 Å². The van der Waals surface area contributed by atoms with Gasteiger partial charge >= 0.3 is 0 Å².